The standard InChI is InChI=1S/C31H38ClN3O5S/c1-7-23(4)33-31(37)24(5)34(19-25-9-8-10-27(18-25)40-6)30(36)20-35(29-16-13-26(32)17-22(29)3)41(38,39)28-14-11-21(2)12-15-28/h8-18,23-24H,7,19-20H2,1-6H3,(H,33,37)/t23-,24-/m0/s1. The van der Waals surface area contributed by atoms with Crippen LogP contribution in [0.1, 0.15) is 43.9 Å². The second-order valence-electron chi connectivity index (χ2n) is 10.1. The number of rotatable bonds is 12. The van der Waals surface area contributed by atoms with E-state index in [1.54, 1.807) is 69.5 Å². The number of amides is 2. The van der Waals surface area contributed by atoms with Crippen molar-refractivity contribution in [2.75, 3.05) is 18.0 Å². The van der Waals surface area contributed by atoms with E-state index in [4.69, 9.17) is 16.3 Å². The number of benzene rings is 3. The average Bonchev–Trinajstić information content (AvgIpc) is 2.94. The lowest BCUT2D eigenvalue weighted by Gasteiger charge is -2.33. The first kappa shape index (κ1) is 32.0. The van der Waals surface area contributed by atoms with Crippen molar-refractivity contribution >= 4 is 39.1 Å². The van der Waals surface area contributed by atoms with Crippen LogP contribution in [-0.4, -0.2) is 50.9 Å². The Kier molecular flexibility index (Phi) is 10.8. The Morgan fingerprint density at radius 1 is 1.00 bits per heavy atom. The van der Waals surface area contributed by atoms with Crippen LogP contribution in [0.25, 0.3) is 0 Å². The van der Waals surface area contributed by atoms with E-state index in [1.165, 1.54) is 17.0 Å². The molecule has 1 N–H and O–H groups in total. The lowest BCUT2D eigenvalue weighted by Crippen LogP contribution is -2.52. The summed E-state index contributed by atoms with van der Waals surface area (Å²) in [4.78, 5) is 28.7. The fourth-order valence-electron chi connectivity index (χ4n) is 4.27. The Balaban J connectivity index is 2.07. The molecule has 0 fully saturated rings. The molecule has 0 spiro atoms. The summed E-state index contributed by atoms with van der Waals surface area (Å²) in [5.41, 5.74) is 2.54. The Morgan fingerprint density at radius 3 is 2.29 bits per heavy atom. The molecule has 220 valence electrons. The summed E-state index contributed by atoms with van der Waals surface area (Å²) in [5, 5.41) is 3.38. The second kappa shape index (κ2) is 13.9. The Morgan fingerprint density at radius 2 is 1.68 bits per heavy atom. The van der Waals surface area contributed by atoms with Crippen molar-refractivity contribution in [3.63, 3.8) is 0 Å². The van der Waals surface area contributed by atoms with Crippen LogP contribution in [0.3, 0.4) is 0 Å². The van der Waals surface area contributed by atoms with E-state index in [-0.39, 0.29) is 23.4 Å². The minimum absolute atomic E-state index is 0.0483. The lowest BCUT2D eigenvalue weighted by molar-refractivity contribution is -0.139. The predicted octanol–water partition coefficient (Wildman–Crippen LogP) is 5.49. The number of carbonyl (C=O) groups excluding carboxylic acids is 2. The minimum Gasteiger partial charge on any atom is -0.497 e. The van der Waals surface area contributed by atoms with Gasteiger partial charge < -0.3 is 15.0 Å². The van der Waals surface area contributed by atoms with E-state index in [0.717, 1.165) is 21.9 Å². The number of methoxy groups -OCH3 is 1. The summed E-state index contributed by atoms with van der Waals surface area (Å²) >= 11 is 6.17. The number of carbonyl (C=O) groups is 2. The first-order valence-electron chi connectivity index (χ1n) is 13.5. The summed E-state index contributed by atoms with van der Waals surface area (Å²) in [6, 6.07) is 17.5. The van der Waals surface area contributed by atoms with Gasteiger partial charge in [0.05, 0.1) is 17.7 Å². The molecule has 0 aliphatic heterocycles. The van der Waals surface area contributed by atoms with Crippen LogP contribution >= 0.6 is 11.6 Å². The zero-order valence-corrected chi connectivity index (χ0v) is 25.9. The van der Waals surface area contributed by atoms with Crippen LogP contribution in [0.4, 0.5) is 5.69 Å². The molecule has 8 nitrogen and oxygen atoms in total. The third kappa shape index (κ3) is 8.01. The minimum atomic E-state index is -4.17. The van der Waals surface area contributed by atoms with Crippen LogP contribution in [0.2, 0.25) is 5.02 Å². The highest BCUT2D eigenvalue weighted by Gasteiger charge is 2.33. The van der Waals surface area contributed by atoms with E-state index >= 15 is 0 Å². The van der Waals surface area contributed by atoms with E-state index < -0.39 is 28.5 Å². The molecule has 0 saturated carbocycles. The van der Waals surface area contributed by atoms with Gasteiger partial charge in [0, 0.05) is 17.6 Å². The number of halogens is 1. The largest absolute Gasteiger partial charge is 0.497 e. The number of anilines is 1. The van der Waals surface area contributed by atoms with Crippen molar-refractivity contribution in [3.05, 3.63) is 88.4 Å². The number of nitrogens with one attached hydrogen (secondary N) is 1. The van der Waals surface area contributed by atoms with Crippen molar-refractivity contribution in [1.29, 1.82) is 0 Å². The molecule has 41 heavy (non-hydrogen) atoms. The molecule has 0 radical (unpaired) electrons. The topological polar surface area (TPSA) is 96.0 Å². The summed E-state index contributed by atoms with van der Waals surface area (Å²) in [6.45, 7) is 8.63. The van der Waals surface area contributed by atoms with Gasteiger partial charge in [-0.25, -0.2) is 8.42 Å². The first-order chi connectivity index (χ1) is 19.4. The summed E-state index contributed by atoms with van der Waals surface area (Å²) < 4.78 is 34.4. The molecule has 2 atom stereocenters. The van der Waals surface area contributed by atoms with Crippen LogP contribution in [0, 0.1) is 13.8 Å². The first-order valence-corrected chi connectivity index (χ1v) is 15.3. The molecule has 3 aromatic carbocycles. The van der Waals surface area contributed by atoms with Crippen molar-refractivity contribution in [2.45, 2.75) is 64.6 Å². The highest BCUT2D eigenvalue weighted by molar-refractivity contribution is 7.92. The van der Waals surface area contributed by atoms with Crippen LogP contribution < -0.4 is 14.4 Å². The van der Waals surface area contributed by atoms with Gasteiger partial charge in [-0.2, -0.15) is 0 Å². The summed E-state index contributed by atoms with van der Waals surface area (Å²) in [6.07, 6.45) is 0.723. The quantitative estimate of drug-likeness (QED) is 0.297. The van der Waals surface area contributed by atoms with Crippen molar-refractivity contribution in [3.8, 4) is 5.75 Å². The number of sulfonamides is 1. The predicted molar refractivity (Wildman–Crippen MR) is 163 cm³/mol. The fourth-order valence-corrected chi connectivity index (χ4v) is 5.97. The molecular weight excluding hydrogens is 562 g/mol. The Labute approximate surface area is 248 Å². The van der Waals surface area contributed by atoms with Crippen LogP contribution in [-0.2, 0) is 26.2 Å². The van der Waals surface area contributed by atoms with Gasteiger partial charge in [-0.3, -0.25) is 13.9 Å². The monoisotopic (exact) mass is 599 g/mol. The molecule has 0 aliphatic rings. The molecule has 0 heterocycles. The summed E-state index contributed by atoms with van der Waals surface area (Å²) in [5.74, 6) is -0.261. The van der Waals surface area contributed by atoms with Gasteiger partial charge in [-0.15, -0.1) is 0 Å². The molecule has 3 aromatic rings. The van der Waals surface area contributed by atoms with Gasteiger partial charge >= 0.3 is 0 Å². The van der Waals surface area contributed by atoms with Gasteiger partial charge in [-0.05, 0) is 87.7 Å². The molecule has 0 aliphatic carbocycles. The van der Waals surface area contributed by atoms with Crippen molar-refractivity contribution in [2.24, 2.45) is 0 Å². The van der Waals surface area contributed by atoms with E-state index in [9.17, 15) is 18.0 Å². The third-order valence-corrected chi connectivity index (χ3v) is 8.98. The van der Waals surface area contributed by atoms with Crippen molar-refractivity contribution in [1.82, 2.24) is 10.2 Å². The third-order valence-electron chi connectivity index (χ3n) is 6.97. The second-order valence-corrected chi connectivity index (χ2v) is 12.4. The molecule has 0 unspecified atom stereocenters. The van der Waals surface area contributed by atoms with Gasteiger partial charge in [0.1, 0.15) is 18.3 Å². The highest BCUT2D eigenvalue weighted by Crippen LogP contribution is 2.29. The molecule has 0 bridgehead atoms. The molecule has 10 heteroatoms. The number of aryl methyl sites for hydroxylation is 2. The molecule has 3 rings (SSSR count). The van der Waals surface area contributed by atoms with Gasteiger partial charge in [0.15, 0.2) is 0 Å². The van der Waals surface area contributed by atoms with E-state index in [2.05, 4.69) is 5.32 Å². The maximum absolute atomic E-state index is 14.1. The van der Waals surface area contributed by atoms with Gasteiger partial charge in [0.25, 0.3) is 10.0 Å². The summed E-state index contributed by atoms with van der Waals surface area (Å²) in [7, 11) is -2.62. The Bertz CT molecular complexity index is 1480. The highest BCUT2D eigenvalue weighted by atomic mass is 35.5. The van der Waals surface area contributed by atoms with Crippen LogP contribution in [0.15, 0.2) is 71.6 Å². The molecule has 0 aromatic heterocycles. The van der Waals surface area contributed by atoms with Crippen molar-refractivity contribution < 1.29 is 22.7 Å². The zero-order chi connectivity index (χ0) is 30.3. The average molecular weight is 600 g/mol. The maximum Gasteiger partial charge on any atom is 0.264 e. The molecule has 2 amide bonds. The number of nitrogens with zero attached hydrogens (tertiary/aromatic N) is 2. The smallest absolute Gasteiger partial charge is 0.264 e. The molecular formula is C31H38ClN3O5S. The Hall–Kier alpha value is -3.56. The fraction of sp³-hybridized carbons (Fsp3) is 0.355. The van der Waals surface area contributed by atoms with Gasteiger partial charge in [0.2, 0.25) is 11.8 Å². The lowest BCUT2D eigenvalue weighted by atomic mass is 10.1. The normalized spacial score (nSPS) is 12.8. The maximum atomic E-state index is 14.1. The number of hydrogen-bond acceptors (Lipinski definition) is 5. The molecule has 0 saturated heterocycles. The van der Waals surface area contributed by atoms with Gasteiger partial charge in [-0.1, -0.05) is 48.4 Å². The number of ether oxygens (including phenoxy) is 1. The van der Waals surface area contributed by atoms with Crippen LogP contribution in [0.5, 0.6) is 5.75 Å². The SMILES string of the molecule is CC[C@H](C)NC(=O)[C@H](C)N(Cc1cccc(OC)c1)C(=O)CN(c1ccc(Cl)cc1C)S(=O)(=O)c1ccc(C)cc1. The number of hydrogen-bond donors (Lipinski definition) is 1. The van der Waals surface area contributed by atoms with E-state index in [0.29, 0.717) is 22.0 Å². The van der Waals surface area contributed by atoms with E-state index in [1.807, 2.05) is 26.8 Å². The zero-order valence-electron chi connectivity index (χ0n) is 24.3.